The van der Waals surface area contributed by atoms with Crippen LogP contribution in [0.5, 0.6) is 0 Å². The van der Waals surface area contributed by atoms with Gasteiger partial charge in [0.1, 0.15) is 0 Å². The maximum atomic E-state index is 9.00. The van der Waals surface area contributed by atoms with Crippen molar-refractivity contribution in [2.45, 2.75) is 20.0 Å². The monoisotopic (exact) mass is 206 g/mol. The van der Waals surface area contributed by atoms with Crippen LogP contribution >= 0.6 is 0 Å². The number of carbonyl (C=O) groups is 1. The molecular weight excluding hydrogens is 188 g/mol. The van der Waals surface area contributed by atoms with Crippen molar-refractivity contribution in [2.75, 3.05) is 33.0 Å². The lowest BCUT2D eigenvalue weighted by molar-refractivity contribution is -0.134. The van der Waals surface area contributed by atoms with Crippen molar-refractivity contribution < 1.29 is 24.1 Å². The summed E-state index contributed by atoms with van der Waals surface area (Å²) in [7, 11) is 0. The fourth-order valence-corrected chi connectivity index (χ4v) is 0.826. The number of rotatable bonds is 0. The van der Waals surface area contributed by atoms with Crippen molar-refractivity contribution in [3.63, 3.8) is 0 Å². The Balaban J connectivity index is 0.000000364. The average molecular weight is 206 g/mol. The van der Waals surface area contributed by atoms with E-state index in [0.29, 0.717) is 33.0 Å². The molecular formula is C9H18O5. The molecule has 0 aromatic carbocycles. The lowest BCUT2D eigenvalue weighted by Crippen LogP contribution is -2.16. The molecule has 5 heteroatoms. The highest BCUT2D eigenvalue weighted by Crippen LogP contribution is 1.94. The van der Waals surface area contributed by atoms with Gasteiger partial charge in [0.15, 0.2) is 0 Å². The zero-order chi connectivity index (χ0) is 10.8. The van der Waals surface area contributed by atoms with E-state index in [1.807, 2.05) is 6.92 Å². The van der Waals surface area contributed by atoms with Gasteiger partial charge in [-0.2, -0.15) is 0 Å². The molecule has 0 aromatic heterocycles. The number of aliphatic carboxylic acids is 1. The van der Waals surface area contributed by atoms with E-state index in [-0.39, 0.29) is 6.10 Å². The summed E-state index contributed by atoms with van der Waals surface area (Å²) in [4.78, 5) is 9.00. The van der Waals surface area contributed by atoms with Crippen molar-refractivity contribution in [3.8, 4) is 0 Å². The molecule has 0 radical (unpaired) electrons. The summed E-state index contributed by atoms with van der Waals surface area (Å²) in [6.07, 6.45) is 0.210. The van der Waals surface area contributed by atoms with Gasteiger partial charge < -0.3 is 19.3 Å². The first-order valence-electron chi connectivity index (χ1n) is 4.59. The smallest absolute Gasteiger partial charge is 0.300 e. The van der Waals surface area contributed by atoms with Crippen LogP contribution < -0.4 is 0 Å². The van der Waals surface area contributed by atoms with E-state index in [0.717, 1.165) is 6.92 Å². The van der Waals surface area contributed by atoms with Crippen LogP contribution in [-0.2, 0) is 19.0 Å². The molecule has 1 saturated heterocycles. The minimum absolute atomic E-state index is 0.210. The molecule has 1 atom stereocenters. The summed E-state index contributed by atoms with van der Waals surface area (Å²) in [5, 5.41) is 7.42. The van der Waals surface area contributed by atoms with E-state index in [2.05, 4.69) is 0 Å². The van der Waals surface area contributed by atoms with E-state index in [9.17, 15) is 0 Å². The summed E-state index contributed by atoms with van der Waals surface area (Å²) in [5.41, 5.74) is 0. The Morgan fingerprint density at radius 1 is 1.21 bits per heavy atom. The van der Waals surface area contributed by atoms with Gasteiger partial charge in [-0.3, -0.25) is 4.79 Å². The van der Waals surface area contributed by atoms with Gasteiger partial charge in [0.25, 0.3) is 5.97 Å². The molecule has 1 rings (SSSR count). The average Bonchev–Trinajstić information content (AvgIpc) is 2.17. The molecule has 0 bridgehead atoms. The van der Waals surface area contributed by atoms with Crippen molar-refractivity contribution in [1.82, 2.24) is 0 Å². The summed E-state index contributed by atoms with van der Waals surface area (Å²) >= 11 is 0. The first-order chi connectivity index (χ1) is 6.63. The van der Waals surface area contributed by atoms with Crippen LogP contribution in [0.25, 0.3) is 0 Å². The molecule has 1 aliphatic rings. The normalized spacial score (nSPS) is 23.4. The highest BCUT2D eigenvalue weighted by molar-refractivity contribution is 5.62. The van der Waals surface area contributed by atoms with E-state index >= 15 is 0 Å². The molecule has 14 heavy (non-hydrogen) atoms. The second kappa shape index (κ2) is 8.93. The lowest BCUT2D eigenvalue weighted by atomic mass is 10.4. The van der Waals surface area contributed by atoms with E-state index in [1.54, 1.807) is 0 Å². The lowest BCUT2D eigenvalue weighted by Gasteiger charge is -2.09. The Hall–Kier alpha value is -0.650. The first kappa shape index (κ1) is 13.4. The molecule has 1 fully saturated rings. The van der Waals surface area contributed by atoms with Crippen molar-refractivity contribution in [1.29, 1.82) is 0 Å². The summed E-state index contributed by atoms with van der Waals surface area (Å²) in [6.45, 7) is 6.52. The van der Waals surface area contributed by atoms with Crippen LogP contribution in [0.3, 0.4) is 0 Å². The molecule has 84 valence electrons. The Bertz CT molecular complexity index is 134. The minimum Gasteiger partial charge on any atom is -0.481 e. The number of carboxylic acid groups (broad SMARTS) is 1. The van der Waals surface area contributed by atoms with Crippen LogP contribution in [-0.4, -0.2) is 50.2 Å². The third-order valence-electron chi connectivity index (χ3n) is 1.35. The summed E-state index contributed by atoms with van der Waals surface area (Å²) in [6, 6.07) is 0. The summed E-state index contributed by atoms with van der Waals surface area (Å²) in [5.74, 6) is -0.833. The number of hydrogen-bond donors (Lipinski definition) is 1. The van der Waals surface area contributed by atoms with Crippen molar-refractivity contribution in [2.24, 2.45) is 0 Å². The van der Waals surface area contributed by atoms with Crippen LogP contribution in [0.15, 0.2) is 0 Å². The molecule has 0 aromatic rings. The Morgan fingerprint density at radius 2 is 1.71 bits per heavy atom. The van der Waals surface area contributed by atoms with Gasteiger partial charge in [0.05, 0.1) is 39.1 Å². The number of hydrogen-bond acceptors (Lipinski definition) is 4. The SMILES string of the molecule is CC(=O)O.CC1COCCOCCO1. The van der Waals surface area contributed by atoms with E-state index < -0.39 is 5.97 Å². The highest BCUT2D eigenvalue weighted by Gasteiger charge is 2.03. The molecule has 1 heterocycles. The first-order valence-corrected chi connectivity index (χ1v) is 4.59. The van der Waals surface area contributed by atoms with E-state index in [4.69, 9.17) is 24.1 Å². The van der Waals surface area contributed by atoms with Crippen LogP contribution in [0.2, 0.25) is 0 Å². The molecule has 1 N–H and O–H groups in total. The molecule has 1 unspecified atom stereocenters. The topological polar surface area (TPSA) is 65.0 Å². The number of ether oxygens (including phenoxy) is 3. The predicted molar refractivity (Wildman–Crippen MR) is 50.4 cm³/mol. The second-order valence-electron chi connectivity index (χ2n) is 2.89. The highest BCUT2D eigenvalue weighted by atomic mass is 16.6. The van der Waals surface area contributed by atoms with Gasteiger partial charge >= 0.3 is 0 Å². The third kappa shape index (κ3) is 11.4. The van der Waals surface area contributed by atoms with Gasteiger partial charge in [-0.15, -0.1) is 0 Å². The van der Waals surface area contributed by atoms with Crippen LogP contribution in [0, 0.1) is 0 Å². The van der Waals surface area contributed by atoms with Crippen molar-refractivity contribution in [3.05, 3.63) is 0 Å². The van der Waals surface area contributed by atoms with Gasteiger partial charge in [-0.1, -0.05) is 0 Å². The Kier molecular flexibility index (Phi) is 8.51. The van der Waals surface area contributed by atoms with Gasteiger partial charge in [-0.25, -0.2) is 0 Å². The second-order valence-corrected chi connectivity index (χ2v) is 2.89. The zero-order valence-corrected chi connectivity index (χ0v) is 8.69. The molecule has 0 saturated carbocycles. The summed E-state index contributed by atoms with van der Waals surface area (Å²) < 4.78 is 15.7. The standard InChI is InChI=1S/C7H14O3.C2H4O2/c1-7-6-9-3-2-8-4-5-10-7;1-2(3)4/h7H,2-6H2,1H3;1H3,(H,3,4). The molecule has 0 spiro atoms. The largest absolute Gasteiger partial charge is 0.481 e. The molecule has 1 aliphatic heterocycles. The third-order valence-corrected chi connectivity index (χ3v) is 1.35. The number of carboxylic acids is 1. The van der Waals surface area contributed by atoms with Gasteiger partial charge in [0, 0.05) is 6.92 Å². The van der Waals surface area contributed by atoms with Crippen LogP contribution in [0.4, 0.5) is 0 Å². The van der Waals surface area contributed by atoms with Gasteiger partial charge in [-0.05, 0) is 6.92 Å². The predicted octanol–water partition coefficient (Wildman–Crippen LogP) is 0.529. The molecule has 0 amide bonds. The minimum atomic E-state index is -0.833. The Morgan fingerprint density at radius 3 is 2.36 bits per heavy atom. The molecule has 5 nitrogen and oxygen atoms in total. The van der Waals surface area contributed by atoms with Crippen LogP contribution in [0.1, 0.15) is 13.8 Å². The van der Waals surface area contributed by atoms with Crippen molar-refractivity contribution >= 4 is 5.97 Å². The van der Waals surface area contributed by atoms with Gasteiger partial charge in [0.2, 0.25) is 0 Å². The Labute approximate surface area is 84.0 Å². The van der Waals surface area contributed by atoms with E-state index in [1.165, 1.54) is 0 Å². The zero-order valence-electron chi connectivity index (χ0n) is 8.69. The quantitative estimate of drug-likeness (QED) is 0.626. The fourth-order valence-electron chi connectivity index (χ4n) is 0.826. The maximum Gasteiger partial charge on any atom is 0.300 e. The maximum absolute atomic E-state index is 9.00. The fraction of sp³-hybridized carbons (Fsp3) is 0.889. The molecule has 0 aliphatic carbocycles.